The number of nitrogens with zero attached hydrogens (tertiary/aromatic N) is 6. The summed E-state index contributed by atoms with van der Waals surface area (Å²) in [5, 5.41) is 17.0. The maximum absolute atomic E-state index is 4.87. The quantitative estimate of drug-likeness (QED) is 0.168. The van der Waals surface area contributed by atoms with E-state index in [-0.39, 0.29) is 0 Å². The van der Waals surface area contributed by atoms with Gasteiger partial charge < -0.3 is 13.7 Å². The van der Waals surface area contributed by atoms with Crippen molar-refractivity contribution in [3.63, 3.8) is 0 Å². The van der Waals surface area contributed by atoms with Crippen LogP contribution in [0.4, 0.5) is 0 Å². The lowest BCUT2D eigenvalue weighted by Gasteiger charge is -2.17. The van der Waals surface area contributed by atoms with Gasteiger partial charge in [0.05, 0.1) is 38.8 Å². The maximum atomic E-state index is 4.87. The van der Waals surface area contributed by atoms with Crippen molar-refractivity contribution in [1.29, 1.82) is 0 Å². The smallest absolute Gasteiger partial charge is 0.168 e. The van der Waals surface area contributed by atoms with Gasteiger partial charge >= 0.3 is 0 Å². The van der Waals surface area contributed by atoms with E-state index in [1.165, 1.54) is 38.0 Å². The molecule has 0 unspecified atom stereocenters. The van der Waals surface area contributed by atoms with Crippen molar-refractivity contribution in [2.45, 2.75) is 0 Å². The number of benzene rings is 9. The molecular weight excluding hydrogens is 757 g/mol. The van der Waals surface area contributed by atoms with Crippen LogP contribution >= 0.6 is 0 Å². The molecule has 4 heterocycles. The van der Waals surface area contributed by atoms with E-state index in [9.17, 15) is 0 Å². The van der Waals surface area contributed by atoms with Crippen molar-refractivity contribution in [3.05, 3.63) is 218 Å². The molecule has 4 aromatic heterocycles. The Morgan fingerprint density at radius 3 is 1.35 bits per heavy atom. The van der Waals surface area contributed by atoms with Gasteiger partial charge in [-0.1, -0.05) is 158 Å². The van der Waals surface area contributed by atoms with Crippen LogP contribution in [0, 0.1) is 0 Å². The van der Waals surface area contributed by atoms with E-state index in [0.29, 0.717) is 0 Å². The van der Waals surface area contributed by atoms with E-state index in [1.807, 2.05) is 12.1 Å². The second-order valence-electron chi connectivity index (χ2n) is 15.9. The summed E-state index contributed by atoms with van der Waals surface area (Å²) in [6.07, 6.45) is 0. The molecule has 9 aromatic carbocycles. The first kappa shape index (κ1) is 34.4. The van der Waals surface area contributed by atoms with Gasteiger partial charge in [0.1, 0.15) is 0 Å². The molecule has 0 saturated heterocycles. The number of hydrogen-bond acceptors (Lipinski definition) is 2. The molecule has 290 valence electrons. The molecule has 0 amide bonds. The highest BCUT2D eigenvalue weighted by Crippen LogP contribution is 2.43. The number of rotatable bonds is 6. The molecule has 0 spiro atoms. The molecule has 0 radical (unpaired) electrons. The molecule has 0 fully saturated rings. The Bertz CT molecular complexity index is 3790. The van der Waals surface area contributed by atoms with Gasteiger partial charge in [-0.25, -0.2) is 0 Å². The highest BCUT2D eigenvalue weighted by Gasteiger charge is 2.24. The van der Waals surface area contributed by atoms with E-state index < -0.39 is 0 Å². The minimum atomic E-state index is 0.784. The summed E-state index contributed by atoms with van der Waals surface area (Å²) in [4.78, 5) is 0. The Morgan fingerprint density at radius 2 is 0.726 bits per heavy atom. The van der Waals surface area contributed by atoms with Crippen LogP contribution in [0.3, 0.4) is 0 Å². The topological polar surface area (TPSA) is 45.5 Å². The zero-order valence-corrected chi connectivity index (χ0v) is 33.5. The number of aromatic nitrogens is 6. The molecule has 6 nitrogen and oxygen atoms in total. The number of hydrogen-bond donors (Lipinski definition) is 0. The molecule has 0 atom stereocenters. The fourth-order valence-electron chi connectivity index (χ4n) is 9.91. The van der Waals surface area contributed by atoms with Crippen LogP contribution in [-0.2, 0) is 0 Å². The van der Waals surface area contributed by atoms with Crippen molar-refractivity contribution in [3.8, 4) is 45.5 Å². The summed E-state index contributed by atoms with van der Waals surface area (Å²) in [7, 11) is 0. The Morgan fingerprint density at radius 1 is 0.274 bits per heavy atom. The highest BCUT2D eigenvalue weighted by molar-refractivity contribution is 6.26. The molecule has 0 bridgehead atoms. The predicted octanol–water partition coefficient (Wildman–Crippen LogP) is 13.9. The lowest BCUT2D eigenvalue weighted by molar-refractivity contribution is 1.06. The van der Waals surface area contributed by atoms with Gasteiger partial charge in [0.2, 0.25) is 0 Å². The number of para-hydroxylation sites is 5. The standard InChI is InChI=1S/C56H36N6/c1-4-18-37(19-5-1)55-57-58-56(38-20-6-2-7-21-38)62(55)51-33-17-29-44-42-26-10-14-31-48(42)61(53(44)51)41-25-16-24-40(36-41)59-49-32-15-12-28-46(49)52-50(59)35-34-45-43-27-11-13-30-47(43)60(54(45)52)39-22-8-3-9-23-39/h1-36H. The van der Waals surface area contributed by atoms with Crippen molar-refractivity contribution in [1.82, 2.24) is 28.5 Å². The highest BCUT2D eigenvalue weighted by atomic mass is 15.3. The van der Waals surface area contributed by atoms with Crippen molar-refractivity contribution < 1.29 is 0 Å². The van der Waals surface area contributed by atoms with Crippen LogP contribution in [0.2, 0.25) is 0 Å². The summed E-state index contributed by atoms with van der Waals surface area (Å²) >= 11 is 0. The van der Waals surface area contributed by atoms with Gasteiger partial charge in [0.25, 0.3) is 0 Å². The lowest BCUT2D eigenvalue weighted by atomic mass is 10.1. The first-order valence-corrected chi connectivity index (χ1v) is 21.0. The van der Waals surface area contributed by atoms with E-state index >= 15 is 0 Å². The van der Waals surface area contributed by atoms with Crippen LogP contribution < -0.4 is 0 Å². The van der Waals surface area contributed by atoms with Crippen molar-refractivity contribution in [2.75, 3.05) is 0 Å². The zero-order valence-electron chi connectivity index (χ0n) is 33.5. The van der Waals surface area contributed by atoms with E-state index in [0.717, 1.165) is 73.0 Å². The fourth-order valence-corrected chi connectivity index (χ4v) is 9.91. The van der Waals surface area contributed by atoms with Gasteiger partial charge in [-0.15, -0.1) is 10.2 Å². The third-order valence-corrected chi connectivity index (χ3v) is 12.5. The van der Waals surface area contributed by atoms with Crippen LogP contribution in [-0.4, -0.2) is 28.5 Å². The Balaban J connectivity index is 1.10. The number of fused-ring (bicyclic) bond motifs is 10. The van der Waals surface area contributed by atoms with Crippen LogP contribution in [0.15, 0.2) is 218 Å². The van der Waals surface area contributed by atoms with Crippen LogP contribution in [0.5, 0.6) is 0 Å². The van der Waals surface area contributed by atoms with E-state index in [2.05, 4.69) is 225 Å². The van der Waals surface area contributed by atoms with Crippen LogP contribution in [0.25, 0.3) is 111 Å². The average Bonchev–Trinajstić information content (AvgIpc) is 4.11. The summed E-state index contributed by atoms with van der Waals surface area (Å²) in [5.74, 6) is 1.57. The summed E-state index contributed by atoms with van der Waals surface area (Å²) in [6.45, 7) is 0. The minimum Gasteiger partial charge on any atom is -0.309 e. The molecular formula is C56H36N6. The molecule has 0 N–H and O–H groups in total. The van der Waals surface area contributed by atoms with Gasteiger partial charge in [-0.3, -0.25) is 4.57 Å². The molecule has 0 aliphatic rings. The summed E-state index contributed by atoms with van der Waals surface area (Å²) < 4.78 is 9.54. The van der Waals surface area contributed by atoms with Gasteiger partial charge in [-0.2, -0.15) is 0 Å². The Kier molecular flexibility index (Phi) is 7.50. The molecule has 13 rings (SSSR count). The molecule has 13 aromatic rings. The second-order valence-corrected chi connectivity index (χ2v) is 15.9. The third-order valence-electron chi connectivity index (χ3n) is 12.5. The predicted molar refractivity (Wildman–Crippen MR) is 255 cm³/mol. The monoisotopic (exact) mass is 792 g/mol. The zero-order chi connectivity index (χ0) is 40.7. The molecule has 6 heteroatoms. The molecule has 0 aliphatic carbocycles. The Hall–Kier alpha value is -8.48. The van der Waals surface area contributed by atoms with Gasteiger partial charge in [-0.05, 0) is 60.7 Å². The molecule has 0 saturated carbocycles. The SMILES string of the molecule is c1ccc(-c2nnc(-c3ccccc3)n2-c2cccc3c4ccccc4n(-c4cccc(-n5c6ccccc6c6c5ccc5c7ccccc7n(-c7ccccc7)c56)c4)c23)cc1. The summed E-state index contributed by atoms with van der Waals surface area (Å²) in [5.41, 5.74) is 13.2. The summed E-state index contributed by atoms with van der Waals surface area (Å²) in [6, 6.07) is 78.0. The Labute approximate surface area is 356 Å². The van der Waals surface area contributed by atoms with Crippen molar-refractivity contribution in [2.24, 2.45) is 0 Å². The largest absolute Gasteiger partial charge is 0.309 e. The van der Waals surface area contributed by atoms with Gasteiger partial charge in [0, 0.05) is 60.5 Å². The molecule has 62 heavy (non-hydrogen) atoms. The third kappa shape index (κ3) is 4.98. The first-order chi connectivity index (χ1) is 30.8. The lowest BCUT2D eigenvalue weighted by Crippen LogP contribution is -2.05. The maximum Gasteiger partial charge on any atom is 0.168 e. The van der Waals surface area contributed by atoms with E-state index in [1.54, 1.807) is 0 Å². The molecule has 0 aliphatic heterocycles. The first-order valence-electron chi connectivity index (χ1n) is 21.0. The van der Waals surface area contributed by atoms with Crippen molar-refractivity contribution >= 4 is 65.4 Å². The van der Waals surface area contributed by atoms with Gasteiger partial charge in [0.15, 0.2) is 11.6 Å². The normalized spacial score (nSPS) is 11.9. The average molecular weight is 793 g/mol. The minimum absolute atomic E-state index is 0.784. The fraction of sp³-hybridized carbons (Fsp3) is 0. The second kappa shape index (κ2) is 13.5. The van der Waals surface area contributed by atoms with E-state index in [4.69, 9.17) is 10.2 Å². The van der Waals surface area contributed by atoms with Crippen LogP contribution in [0.1, 0.15) is 0 Å².